The molecule has 8 heteroatoms. The molecule has 0 radical (unpaired) electrons. The molecule has 0 bridgehead atoms. The molecular weight excluding hydrogens is 402 g/mol. The molecule has 0 aliphatic rings. The summed E-state index contributed by atoms with van der Waals surface area (Å²) in [5, 5.41) is 10.5. The Morgan fingerprint density at radius 3 is 2.31 bits per heavy atom. The van der Waals surface area contributed by atoms with Gasteiger partial charge in [-0.1, -0.05) is 18.2 Å². The summed E-state index contributed by atoms with van der Waals surface area (Å²) in [7, 11) is 3.88. The van der Waals surface area contributed by atoms with Crippen LogP contribution in [-0.2, 0) is 0 Å². The number of rotatable bonds is 6. The molecule has 0 fully saturated rings. The van der Waals surface area contributed by atoms with Crippen LogP contribution >= 0.6 is 0 Å². The third kappa shape index (κ3) is 4.59. The number of anilines is 4. The highest BCUT2D eigenvalue weighted by Crippen LogP contribution is 2.20. The highest BCUT2D eigenvalue weighted by molar-refractivity contribution is 6.05. The van der Waals surface area contributed by atoms with E-state index in [0.717, 1.165) is 28.6 Å². The van der Waals surface area contributed by atoms with Gasteiger partial charge in [0, 0.05) is 37.2 Å². The largest absolute Gasteiger partial charge is 0.363 e. The van der Waals surface area contributed by atoms with Crippen molar-refractivity contribution in [1.29, 1.82) is 0 Å². The maximum Gasteiger partial charge on any atom is 0.259 e. The number of aromatic nitrogens is 4. The summed E-state index contributed by atoms with van der Waals surface area (Å²) in [6.45, 7) is 3.81. The Hall–Kier alpha value is -4.20. The Bertz CT molecular complexity index is 1230. The van der Waals surface area contributed by atoms with Crippen LogP contribution < -0.4 is 15.5 Å². The summed E-state index contributed by atoms with van der Waals surface area (Å²) in [4.78, 5) is 23.7. The Balaban J connectivity index is 1.45. The van der Waals surface area contributed by atoms with Gasteiger partial charge in [-0.05, 0) is 50.2 Å². The molecule has 0 unspecified atom stereocenters. The van der Waals surface area contributed by atoms with Crippen molar-refractivity contribution in [3.8, 4) is 5.69 Å². The molecule has 2 N–H and O–H groups in total. The predicted octanol–water partition coefficient (Wildman–Crippen LogP) is 4.34. The second-order valence-electron chi connectivity index (χ2n) is 7.63. The van der Waals surface area contributed by atoms with Crippen molar-refractivity contribution >= 4 is 29.0 Å². The normalized spacial score (nSPS) is 10.6. The van der Waals surface area contributed by atoms with E-state index >= 15 is 0 Å². The number of hydrogen-bond acceptors (Lipinski definition) is 6. The van der Waals surface area contributed by atoms with Crippen LogP contribution in [-0.4, -0.2) is 39.8 Å². The average molecular weight is 428 g/mol. The van der Waals surface area contributed by atoms with Crippen LogP contribution in [0.4, 0.5) is 23.1 Å². The van der Waals surface area contributed by atoms with E-state index in [1.807, 2.05) is 93.5 Å². The Labute approximate surface area is 186 Å². The first-order valence-corrected chi connectivity index (χ1v) is 10.2. The van der Waals surface area contributed by atoms with Crippen molar-refractivity contribution in [2.24, 2.45) is 0 Å². The molecule has 32 heavy (non-hydrogen) atoms. The van der Waals surface area contributed by atoms with Crippen molar-refractivity contribution in [3.63, 3.8) is 0 Å². The highest BCUT2D eigenvalue weighted by atomic mass is 16.1. The summed E-state index contributed by atoms with van der Waals surface area (Å²) in [6.07, 6.45) is 1.59. The molecule has 0 saturated heterocycles. The number of carbonyl (C=O) groups excluding carboxylic acids is 1. The van der Waals surface area contributed by atoms with Crippen LogP contribution in [0.5, 0.6) is 0 Å². The van der Waals surface area contributed by atoms with Gasteiger partial charge >= 0.3 is 0 Å². The molecule has 2 aromatic carbocycles. The SMILES string of the molecule is Cc1cc(N(C)C)nc(Nc2ccc(NC(=O)c3cnn(-c4ccccc4)c3C)cc2)n1. The molecule has 4 rings (SSSR count). The molecule has 4 aromatic rings. The molecule has 2 heterocycles. The fourth-order valence-electron chi connectivity index (χ4n) is 3.26. The van der Waals surface area contributed by atoms with Gasteiger partial charge in [0.05, 0.1) is 23.1 Å². The van der Waals surface area contributed by atoms with E-state index in [1.165, 1.54) is 0 Å². The number of benzene rings is 2. The van der Waals surface area contributed by atoms with Gasteiger partial charge in [0.1, 0.15) is 5.82 Å². The lowest BCUT2D eigenvalue weighted by atomic mass is 10.2. The van der Waals surface area contributed by atoms with Gasteiger partial charge in [0.15, 0.2) is 0 Å². The first-order chi connectivity index (χ1) is 15.4. The van der Waals surface area contributed by atoms with Crippen LogP contribution in [0.2, 0.25) is 0 Å². The number of nitrogens with zero attached hydrogens (tertiary/aromatic N) is 5. The maximum atomic E-state index is 12.8. The smallest absolute Gasteiger partial charge is 0.259 e. The first-order valence-electron chi connectivity index (χ1n) is 10.2. The minimum absolute atomic E-state index is 0.206. The van der Waals surface area contributed by atoms with Gasteiger partial charge in [-0.3, -0.25) is 4.79 Å². The van der Waals surface area contributed by atoms with Crippen LogP contribution in [0.15, 0.2) is 66.9 Å². The summed E-state index contributed by atoms with van der Waals surface area (Å²) >= 11 is 0. The molecule has 2 aromatic heterocycles. The zero-order chi connectivity index (χ0) is 22.7. The molecule has 8 nitrogen and oxygen atoms in total. The van der Waals surface area contributed by atoms with Gasteiger partial charge in [0.25, 0.3) is 5.91 Å². The summed E-state index contributed by atoms with van der Waals surface area (Å²) < 4.78 is 1.76. The van der Waals surface area contributed by atoms with Crippen molar-refractivity contribution in [3.05, 3.63) is 83.8 Å². The van der Waals surface area contributed by atoms with Gasteiger partial charge in [-0.15, -0.1) is 0 Å². The molecule has 0 aliphatic carbocycles. The Kier molecular flexibility index (Phi) is 5.85. The molecule has 0 saturated carbocycles. The third-order valence-corrected chi connectivity index (χ3v) is 4.95. The fourth-order valence-corrected chi connectivity index (χ4v) is 3.26. The Morgan fingerprint density at radius 1 is 0.938 bits per heavy atom. The number of carbonyl (C=O) groups is 1. The topological polar surface area (TPSA) is 88.0 Å². The van der Waals surface area contributed by atoms with E-state index in [9.17, 15) is 4.79 Å². The zero-order valence-corrected chi connectivity index (χ0v) is 18.5. The van der Waals surface area contributed by atoms with Gasteiger partial charge < -0.3 is 15.5 Å². The van der Waals surface area contributed by atoms with Crippen molar-refractivity contribution in [1.82, 2.24) is 19.7 Å². The van der Waals surface area contributed by atoms with Crippen LogP contribution in [0.3, 0.4) is 0 Å². The Morgan fingerprint density at radius 2 is 1.62 bits per heavy atom. The number of nitrogens with one attached hydrogen (secondary N) is 2. The van der Waals surface area contributed by atoms with Gasteiger partial charge in [-0.2, -0.15) is 10.1 Å². The van der Waals surface area contributed by atoms with E-state index < -0.39 is 0 Å². The minimum atomic E-state index is -0.206. The summed E-state index contributed by atoms with van der Waals surface area (Å²) in [5.74, 6) is 1.15. The van der Waals surface area contributed by atoms with E-state index in [0.29, 0.717) is 17.2 Å². The standard InChI is InChI=1S/C24H25N7O/c1-16-14-22(30(3)4)29-24(26-16)28-19-12-10-18(11-13-19)27-23(32)21-15-25-31(17(21)2)20-8-6-5-7-9-20/h5-15H,1-4H3,(H,27,32)(H,26,28,29). The molecule has 0 spiro atoms. The number of hydrogen-bond donors (Lipinski definition) is 2. The van der Waals surface area contributed by atoms with Gasteiger partial charge in [-0.25, -0.2) is 9.67 Å². The van der Waals surface area contributed by atoms with E-state index in [4.69, 9.17) is 0 Å². The lowest BCUT2D eigenvalue weighted by Crippen LogP contribution is -2.13. The average Bonchev–Trinajstić information content (AvgIpc) is 3.16. The van der Waals surface area contributed by atoms with E-state index in [2.05, 4.69) is 25.7 Å². The van der Waals surface area contributed by atoms with E-state index in [-0.39, 0.29) is 5.91 Å². The minimum Gasteiger partial charge on any atom is -0.363 e. The number of amides is 1. The van der Waals surface area contributed by atoms with Crippen LogP contribution in [0.1, 0.15) is 21.7 Å². The van der Waals surface area contributed by atoms with Crippen LogP contribution in [0, 0.1) is 13.8 Å². The van der Waals surface area contributed by atoms with Crippen molar-refractivity contribution in [2.45, 2.75) is 13.8 Å². The summed E-state index contributed by atoms with van der Waals surface area (Å²) in [6, 6.07) is 19.1. The molecular formula is C24H25N7O. The number of aryl methyl sites for hydroxylation is 1. The third-order valence-electron chi connectivity index (χ3n) is 4.95. The monoisotopic (exact) mass is 427 g/mol. The first kappa shape index (κ1) is 21.0. The molecule has 1 amide bonds. The lowest BCUT2D eigenvalue weighted by Gasteiger charge is -2.14. The summed E-state index contributed by atoms with van der Waals surface area (Å²) in [5.41, 5.74) is 4.61. The second kappa shape index (κ2) is 8.89. The van der Waals surface area contributed by atoms with Crippen molar-refractivity contribution < 1.29 is 4.79 Å². The van der Waals surface area contributed by atoms with Crippen molar-refractivity contribution in [2.75, 3.05) is 29.6 Å². The zero-order valence-electron chi connectivity index (χ0n) is 18.5. The van der Waals surface area contributed by atoms with E-state index in [1.54, 1.807) is 10.9 Å². The number of para-hydroxylation sites is 1. The lowest BCUT2D eigenvalue weighted by molar-refractivity contribution is 0.102. The fraction of sp³-hybridized carbons (Fsp3) is 0.167. The second-order valence-corrected chi connectivity index (χ2v) is 7.63. The maximum absolute atomic E-state index is 12.8. The highest BCUT2D eigenvalue weighted by Gasteiger charge is 2.15. The molecule has 0 atom stereocenters. The van der Waals surface area contributed by atoms with Gasteiger partial charge in [0.2, 0.25) is 5.95 Å². The quantitative estimate of drug-likeness (QED) is 0.476. The predicted molar refractivity (Wildman–Crippen MR) is 127 cm³/mol. The van der Waals surface area contributed by atoms with Crippen LogP contribution in [0.25, 0.3) is 5.69 Å². The molecule has 0 aliphatic heterocycles. The molecule has 162 valence electrons.